The van der Waals surface area contributed by atoms with Gasteiger partial charge in [0.25, 0.3) is 5.91 Å². The molecule has 9 heteroatoms. The molecule has 1 amide bonds. The zero-order valence-corrected chi connectivity index (χ0v) is 14.3. The Morgan fingerprint density at radius 1 is 0.962 bits per heavy atom. The molecule has 3 rings (SSSR count). The van der Waals surface area contributed by atoms with Gasteiger partial charge in [0.15, 0.2) is 0 Å². The van der Waals surface area contributed by atoms with Crippen molar-refractivity contribution < 1.29 is 26.4 Å². The average molecular weight is 384 g/mol. The zero-order chi connectivity index (χ0) is 18.9. The van der Waals surface area contributed by atoms with Gasteiger partial charge in [-0.05, 0) is 43.2 Å². The first-order chi connectivity index (χ1) is 12.3. The number of carbonyl (C=O) groups excluding carboxylic acids is 1. The predicted molar refractivity (Wildman–Crippen MR) is 88.7 cm³/mol. The third-order valence-corrected chi connectivity index (χ3v) is 5.97. The van der Waals surface area contributed by atoms with Crippen LogP contribution in [0.4, 0.5) is 18.9 Å². The van der Waals surface area contributed by atoms with Crippen LogP contribution in [0, 0.1) is 17.5 Å². The third kappa shape index (κ3) is 3.58. The maximum atomic E-state index is 14.1. The van der Waals surface area contributed by atoms with Crippen molar-refractivity contribution in [3.05, 3.63) is 59.4 Å². The molecule has 5 nitrogen and oxygen atoms in total. The molecule has 1 fully saturated rings. The van der Waals surface area contributed by atoms with Gasteiger partial charge in [-0.2, -0.15) is 4.31 Å². The smallest absolute Gasteiger partial charge is 0.255 e. The van der Waals surface area contributed by atoms with Crippen LogP contribution in [0.1, 0.15) is 23.2 Å². The molecular weight excluding hydrogens is 369 g/mol. The van der Waals surface area contributed by atoms with E-state index in [0.717, 1.165) is 40.7 Å². The fourth-order valence-corrected chi connectivity index (χ4v) is 4.31. The van der Waals surface area contributed by atoms with E-state index in [9.17, 15) is 26.4 Å². The average Bonchev–Trinajstić information content (AvgIpc) is 3.13. The Kier molecular flexibility index (Phi) is 5.01. The highest BCUT2D eigenvalue weighted by molar-refractivity contribution is 7.89. The van der Waals surface area contributed by atoms with Gasteiger partial charge in [0, 0.05) is 24.7 Å². The van der Waals surface area contributed by atoms with Crippen molar-refractivity contribution in [1.82, 2.24) is 4.31 Å². The molecule has 0 unspecified atom stereocenters. The summed E-state index contributed by atoms with van der Waals surface area (Å²) in [5, 5.41) is 2.15. The minimum absolute atomic E-state index is 0.187. The summed E-state index contributed by atoms with van der Waals surface area (Å²) < 4.78 is 67.1. The lowest BCUT2D eigenvalue weighted by Gasteiger charge is -2.16. The molecule has 138 valence electrons. The minimum Gasteiger partial charge on any atom is -0.319 e. The Balaban J connectivity index is 1.92. The number of carbonyl (C=O) groups is 1. The first-order valence-electron chi connectivity index (χ1n) is 7.85. The maximum Gasteiger partial charge on any atom is 0.255 e. The molecule has 1 aliphatic rings. The second-order valence-electron chi connectivity index (χ2n) is 5.83. The van der Waals surface area contributed by atoms with Crippen LogP contribution < -0.4 is 5.32 Å². The number of rotatable bonds is 4. The lowest BCUT2D eigenvalue weighted by molar-refractivity contribution is 0.102. The molecule has 0 saturated carbocycles. The quantitative estimate of drug-likeness (QED) is 0.881. The van der Waals surface area contributed by atoms with Crippen molar-refractivity contribution in [3.8, 4) is 0 Å². The first kappa shape index (κ1) is 18.4. The molecule has 1 heterocycles. The van der Waals surface area contributed by atoms with Gasteiger partial charge in [-0.15, -0.1) is 0 Å². The first-order valence-corrected chi connectivity index (χ1v) is 9.29. The predicted octanol–water partition coefficient (Wildman–Crippen LogP) is 3.14. The van der Waals surface area contributed by atoms with Crippen LogP contribution in [0.2, 0.25) is 0 Å². The topological polar surface area (TPSA) is 66.5 Å². The van der Waals surface area contributed by atoms with Gasteiger partial charge in [-0.3, -0.25) is 4.79 Å². The Hall–Kier alpha value is -2.39. The van der Waals surface area contributed by atoms with Crippen molar-refractivity contribution in [2.45, 2.75) is 17.7 Å². The summed E-state index contributed by atoms with van der Waals surface area (Å²) in [7, 11) is -4.07. The van der Waals surface area contributed by atoms with Gasteiger partial charge >= 0.3 is 0 Å². The van der Waals surface area contributed by atoms with Gasteiger partial charge in [-0.25, -0.2) is 21.6 Å². The fraction of sp³-hybridized carbons (Fsp3) is 0.235. The van der Waals surface area contributed by atoms with Crippen LogP contribution in [0.25, 0.3) is 0 Å². The Morgan fingerprint density at radius 3 is 2.31 bits per heavy atom. The summed E-state index contributed by atoms with van der Waals surface area (Å²) in [5.74, 6) is -3.47. The zero-order valence-electron chi connectivity index (χ0n) is 13.5. The van der Waals surface area contributed by atoms with Crippen LogP contribution in [-0.4, -0.2) is 31.7 Å². The van der Waals surface area contributed by atoms with Crippen LogP contribution in [0.5, 0.6) is 0 Å². The molecule has 0 radical (unpaired) electrons. The molecule has 2 aromatic carbocycles. The second-order valence-corrected chi connectivity index (χ2v) is 7.74. The van der Waals surface area contributed by atoms with E-state index in [1.54, 1.807) is 0 Å². The number of hydrogen-bond donors (Lipinski definition) is 1. The molecular formula is C17H15F3N2O3S. The number of benzene rings is 2. The third-order valence-electron chi connectivity index (χ3n) is 4.05. The van der Waals surface area contributed by atoms with Gasteiger partial charge in [0.05, 0.1) is 5.69 Å². The summed E-state index contributed by atoms with van der Waals surface area (Å²) >= 11 is 0. The van der Waals surface area contributed by atoms with Crippen LogP contribution in [-0.2, 0) is 10.0 Å². The number of sulfonamides is 1. The summed E-state index contributed by atoms with van der Waals surface area (Å²) in [6.07, 6.45) is 1.36. The number of hydrogen-bond acceptors (Lipinski definition) is 3. The Labute approximate surface area is 148 Å². The number of amides is 1. The van der Waals surface area contributed by atoms with E-state index in [4.69, 9.17) is 0 Å². The summed E-state index contributed by atoms with van der Waals surface area (Å²) in [6, 6.07) is 5.36. The van der Waals surface area contributed by atoms with Gasteiger partial charge in [-0.1, -0.05) is 0 Å². The number of nitrogens with one attached hydrogen (secondary N) is 1. The minimum atomic E-state index is -4.07. The molecule has 0 atom stereocenters. The lowest BCUT2D eigenvalue weighted by atomic mass is 10.2. The highest BCUT2D eigenvalue weighted by Crippen LogP contribution is 2.25. The fourth-order valence-electron chi connectivity index (χ4n) is 2.70. The van der Waals surface area contributed by atoms with Crippen LogP contribution in [0.15, 0.2) is 41.3 Å². The number of anilines is 1. The second kappa shape index (κ2) is 7.08. The lowest BCUT2D eigenvalue weighted by Crippen LogP contribution is -2.29. The molecule has 1 N–H and O–H groups in total. The van der Waals surface area contributed by atoms with Gasteiger partial charge < -0.3 is 5.32 Å². The highest BCUT2D eigenvalue weighted by atomic mass is 32.2. The standard InChI is InChI=1S/C17H15F3N2O3S/c18-12-4-6-13(19)15(10-12)21-17(23)11-3-5-14(20)16(9-11)26(24,25)22-7-1-2-8-22/h3-6,9-10H,1-2,7-8H2,(H,21,23). The maximum absolute atomic E-state index is 14.1. The van der Waals surface area contributed by atoms with Crippen molar-refractivity contribution in [1.29, 1.82) is 0 Å². The molecule has 0 aliphatic carbocycles. The number of nitrogens with zero attached hydrogens (tertiary/aromatic N) is 1. The van der Waals surface area contributed by atoms with E-state index in [1.165, 1.54) is 0 Å². The summed E-state index contributed by atoms with van der Waals surface area (Å²) in [4.78, 5) is 11.6. The van der Waals surface area contributed by atoms with E-state index in [0.29, 0.717) is 12.8 Å². The molecule has 2 aromatic rings. The SMILES string of the molecule is O=C(Nc1cc(F)ccc1F)c1ccc(F)c(S(=O)(=O)N2CCCC2)c1. The van der Waals surface area contributed by atoms with Crippen LogP contribution >= 0.6 is 0 Å². The van der Waals surface area contributed by atoms with Gasteiger partial charge in [0.2, 0.25) is 10.0 Å². The molecule has 0 spiro atoms. The summed E-state index contributed by atoms with van der Waals surface area (Å²) in [5.41, 5.74) is -0.587. The number of halogens is 3. The van der Waals surface area contributed by atoms with E-state index in [2.05, 4.69) is 5.32 Å². The molecule has 0 bridgehead atoms. The monoisotopic (exact) mass is 384 g/mol. The Morgan fingerprint density at radius 2 is 1.62 bits per heavy atom. The molecule has 0 aromatic heterocycles. The summed E-state index contributed by atoms with van der Waals surface area (Å²) in [6.45, 7) is 0.569. The van der Waals surface area contributed by atoms with Crippen molar-refractivity contribution in [2.24, 2.45) is 0 Å². The Bertz CT molecular complexity index is 958. The molecule has 1 aliphatic heterocycles. The molecule has 26 heavy (non-hydrogen) atoms. The van der Waals surface area contributed by atoms with E-state index in [1.807, 2.05) is 0 Å². The van der Waals surface area contributed by atoms with E-state index < -0.39 is 44.0 Å². The largest absolute Gasteiger partial charge is 0.319 e. The van der Waals surface area contributed by atoms with Crippen molar-refractivity contribution >= 4 is 21.6 Å². The van der Waals surface area contributed by atoms with E-state index >= 15 is 0 Å². The van der Waals surface area contributed by atoms with Crippen molar-refractivity contribution in [2.75, 3.05) is 18.4 Å². The van der Waals surface area contributed by atoms with Crippen LogP contribution in [0.3, 0.4) is 0 Å². The van der Waals surface area contributed by atoms with Crippen molar-refractivity contribution in [3.63, 3.8) is 0 Å². The normalized spacial score (nSPS) is 15.2. The molecule has 1 saturated heterocycles. The van der Waals surface area contributed by atoms with E-state index in [-0.39, 0.29) is 18.7 Å². The highest BCUT2D eigenvalue weighted by Gasteiger charge is 2.30. The van der Waals surface area contributed by atoms with Gasteiger partial charge in [0.1, 0.15) is 22.3 Å².